The first kappa shape index (κ1) is 12.9. The molecule has 80 valence electrons. The van der Waals surface area contributed by atoms with Crippen LogP contribution in [0.2, 0.25) is 0 Å². The molecule has 0 saturated heterocycles. The summed E-state index contributed by atoms with van der Waals surface area (Å²) in [4.78, 5) is 0. The lowest BCUT2D eigenvalue weighted by atomic mass is 10.0. The molecule has 0 aromatic heterocycles. The predicted octanol–water partition coefficient (Wildman–Crippen LogP) is 2.17. The van der Waals surface area contributed by atoms with Crippen molar-refractivity contribution in [2.45, 2.75) is 59.1 Å². The quantitative estimate of drug-likeness (QED) is 0.599. The number of rotatable bonds is 7. The van der Waals surface area contributed by atoms with Crippen LogP contribution in [0.3, 0.4) is 0 Å². The van der Waals surface area contributed by atoms with Crippen molar-refractivity contribution in [2.24, 2.45) is 5.92 Å². The third kappa shape index (κ3) is 7.03. The molecule has 0 fully saturated rings. The van der Waals surface area contributed by atoms with Gasteiger partial charge >= 0.3 is 0 Å². The van der Waals surface area contributed by atoms with Crippen molar-refractivity contribution in [1.82, 2.24) is 5.32 Å². The smallest absolute Gasteiger partial charge is 0.0512 e. The van der Waals surface area contributed by atoms with Crippen LogP contribution in [0.15, 0.2) is 0 Å². The van der Waals surface area contributed by atoms with E-state index in [1.165, 1.54) is 6.42 Å². The maximum Gasteiger partial charge on any atom is 0.0512 e. The van der Waals surface area contributed by atoms with Crippen LogP contribution >= 0.6 is 0 Å². The summed E-state index contributed by atoms with van der Waals surface area (Å²) in [6, 6.07) is 0.596. The second-order valence-electron chi connectivity index (χ2n) is 4.12. The lowest BCUT2D eigenvalue weighted by Crippen LogP contribution is -2.32. The van der Waals surface area contributed by atoms with Gasteiger partial charge in [-0.2, -0.15) is 0 Å². The van der Waals surface area contributed by atoms with Crippen LogP contribution in [0, 0.1) is 5.92 Å². The highest BCUT2D eigenvalue weighted by Crippen LogP contribution is 2.06. The van der Waals surface area contributed by atoms with Crippen molar-refractivity contribution in [3.63, 3.8) is 0 Å². The molecule has 3 atom stereocenters. The molecule has 0 spiro atoms. The van der Waals surface area contributed by atoms with Gasteiger partial charge in [0.25, 0.3) is 0 Å². The second kappa shape index (κ2) is 7.34. The summed E-state index contributed by atoms with van der Waals surface area (Å²) in [7, 11) is 0. The Kier molecular flexibility index (Phi) is 7.29. The fraction of sp³-hybridized carbons (Fsp3) is 1.00. The standard InChI is InChI=1S/C11H25NO/c1-5-9(2)11(4)12-8-6-7-10(3)13/h9-13H,5-8H2,1-4H3. The predicted molar refractivity (Wildman–Crippen MR) is 57.8 cm³/mol. The van der Waals surface area contributed by atoms with Gasteiger partial charge in [0.15, 0.2) is 0 Å². The van der Waals surface area contributed by atoms with E-state index in [9.17, 15) is 0 Å². The SMILES string of the molecule is CCC(C)C(C)NCCCC(C)O. The van der Waals surface area contributed by atoms with Crippen LogP contribution in [0.5, 0.6) is 0 Å². The van der Waals surface area contributed by atoms with Crippen molar-refractivity contribution in [2.75, 3.05) is 6.54 Å². The van der Waals surface area contributed by atoms with E-state index in [4.69, 9.17) is 5.11 Å². The average Bonchev–Trinajstić information content (AvgIpc) is 2.10. The monoisotopic (exact) mass is 187 g/mol. The molecule has 0 aliphatic carbocycles. The molecule has 0 heterocycles. The molecule has 0 rings (SSSR count). The first-order chi connectivity index (χ1) is 6.07. The molecule has 0 radical (unpaired) electrons. The van der Waals surface area contributed by atoms with Gasteiger partial charge in [-0.3, -0.25) is 0 Å². The summed E-state index contributed by atoms with van der Waals surface area (Å²) in [5, 5.41) is 12.5. The highest BCUT2D eigenvalue weighted by Gasteiger charge is 2.08. The van der Waals surface area contributed by atoms with Gasteiger partial charge in [0, 0.05) is 6.04 Å². The zero-order chi connectivity index (χ0) is 10.3. The van der Waals surface area contributed by atoms with Crippen molar-refractivity contribution in [3.8, 4) is 0 Å². The summed E-state index contributed by atoms with van der Waals surface area (Å²) in [6.45, 7) is 9.59. The summed E-state index contributed by atoms with van der Waals surface area (Å²) in [6.07, 6.45) is 3.05. The first-order valence-corrected chi connectivity index (χ1v) is 5.49. The minimum atomic E-state index is -0.152. The Balaban J connectivity index is 3.31. The Labute approximate surface area is 82.7 Å². The fourth-order valence-electron chi connectivity index (χ4n) is 1.28. The maximum absolute atomic E-state index is 9.05. The Morgan fingerprint density at radius 2 is 1.85 bits per heavy atom. The van der Waals surface area contributed by atoms with E-state index in [0.717, 1.165) is 25.3 Å². The third-order valence-electron chi connectivity index (χ3n) is 2.76. The Morgan fingerprint density at radius 3 is 2.31 bits per heavy atom. The van der Waals surface area contributed by atoms with E-state index in [1.807, 2.05) is 6.92 Å². The van der Waals surface area contributed by atoms with Crippen LogP contribution < -0.4 is 5.32 Å². The maximum atomic E-state index is 9.05. The second-order valence-corrected chi connectivity index (χ2v) is 4.12. The highest BCUT2D eigenvalue weighted by molar-refractivity contribution is 4.66. The van der Waals surface area contributed by atoms with Gasteiger partial charge in [-0.1, -0.05) is 20.3 Å². The van der Waals surface area contributed by atoms with Gasteiger partial charge in [0.2, 0.25) is 0 Å². The van der Waals surface area contributed by atoms with Gasteiger partial charge in [0.05, 0.1) is 6.10 Å². The van der Waals surface area contributed by atoms with Gasteiger partial charge in [-0.15, -0.1) is 0 Å². The molecule has 0 aromatic rings. The zero-order valence-corrected chi connectivity index (χ0v) is 9.51. The molecule has 0 aliphatic rings. The van der Waals surface area contributed by atoms with Crippen molar-refractivity contribution in [1.29, 1.82) is 0 Å². The van der Waals surface area contributed by atoms with E-state index >= 15 is 0 Å². The van der Waals surface area contributed by atoms with E-state index < -0.39 is 0 Å². The summed E-state index contributed by atoms with van der Waals surface area (Å²) >= 11 is 0. The Bertz CT molecular complexity index is 115. The molecule has 0 aliphatic heterocycles. The van der Waals surface area contributed by atoms with E-state index in [2.05, 4.69) is 26.1 Å². The summed E-state index contributed by atoms with van der Waals surface area (Å²) in [5.74, 6) is 0.742. The van der Waals surface area contributed by atoms with E-state index in [0.29, 0.717) is 6.04 Å². The molecule has 2 heteroatoms. The van der Waals surface area contributed by atoms with Crippen molar-refractivity contribution >= 4 is 0 Å². The highest BCUT2D eigenvalue weighted by atomic mass is 16.3. The van der Waals surface area contributed by atoms with Crippen LogP contribution in [0.1, 0.15) is 47.0 Å². The zero-order valence-electron chi connectivity index (χ0n) is 9.51. The van der Waals surface area contributed by atoms with Gasteiger partial charge in [0.1, 0.15) is 0 Å². The van der Waals surface area contributed by atoms with Crippen molar-refractivity contribution < 1.29 is 5.11 Å². The third-order valence-corrected chi connectivity index (χ3v) is 2.76. The van der Waals surface area contributed by atoms with Gasteiger partial charge in [-0.25, -0.2) is 0 Å². The van der Waals surface area contributed by atoms with E-state index in [1.54, 1.807) is 0 Å². The fourth-order valence-corrected chi connectivity index (χ4v) is 1.28. The molecule has 0 amide bonds. The number of hydrogen-bond donors (Lipinski definition) is 2. The van der Waals surface area contributed by atoms with Gasteiger partial charge in [-0.05, 0) is 39.2 Å². The largest absolute Gasteiger partial charge is 0.393 e. The molecule has 0 bridgehead atoms. The summed E-state index contributed by atoms with van der Waals surface area (Å²) in [5.41, 5.74) is 0. The molecule has 13 heavy (non-hydrogen) atoms. The molecular weight excluding hydrogens is 162 g/mol. The lowest BCUT2D eigenvalue weighted by molar-refractivity contribution is 0.180. The molecule has 2 nitrogen and oxygen atoms in total. The van der Waals surface area contributed by atoms with Gasteiger partial charge < -0.3 is 10.4 Å². The topological polar surface area (TPSA) is 32.3 Å². The number of hydrogen-bond acceptors (Lipinski definition) is 2. The normalized spacial score (nSPS) is 18.2. The number of aliphatic hydroxyl groups is 1. The minimum Gasteiger partial charge on any atom is -0.393 e. The molecule has 0 aromatic carbocycles. The van der Waals surface area contributed by atoms with Crippen molar-refractivity contribution in [3.05, 3.63) is 0 Å². The van der Waals surface area contributed by atoms with Crippen LogP contribution in [0.25, 0.3) is 0 Å². The van der Waals surface area contributed by atoms with Crippen LogP contribution in [0.4, 0.5) is 0 Å². The average molecular weight is 187 g/mol. The Hall–Kier alpha value is -0.0800. The summed E-state index contributed by atoms with van der Waals surface area (Å²) < 4.78 is 0. The molecule has 0 saturated carbocycles. The Morgan fingerprint density at radius 1 is 1.23 bits per heavy atom. The first-order valence-electron chi connectivity index (χ1n) is 5.49. The van der Waals surface area contributed by atoms with Crippen LogP contribution in [-0.2, 0) is 0 Å². The minimum absolute atomic E-state index is 0.152. The number of nitrogens with one attached hydrogen (secondary N) is 1. The molecular formula is C11H25NO. The lowest BCUT2D eigenvalue weighted by Gasteiger charge is -2.19. The molecule has 2 N–H and O–H groups in total. The van der Waals surface area contributed by atoms with E-state index in [-0.39, 0.29) is 6.10 Å². The molecule has 3 unspecified atom stereocenters. The number of aliphatic hydroxyl groups excluding tert-OH is 1. The van der Waals surface area contributed by atoms with Crippen LogP contribution in [-0.4, -0.2) is 23.8 Å².